The van der Waals surface area contributed by atoms with Crippen LogP contribution in [0.5, 0.6) is 46.0 Å². The van der Waals surface area contributed by atoms with Crippen molar-refractivity contribution in [1.29, 1.82) is 0 Å². The molecule has 12 rings (SSSR count). The minimum absolute atomic E-state index is 0.362. The maximum atomic E-state index is 13.6. The fraction of sp³-hybridized carbons (Fsp3) is 0.257. The molecule has 8 aromatic carbocycles. The van der Waals surface area contributed by atoms with Crippen molar-refractivity contribution in [3.63, 3.8) is 0 Å². The lowest BCUT2D eigenvalue weighted by Gasteiger charge is -2.22. The Balaban J connectivity index is 0.000000198. The number of carbonyl (C=O) groups excluding carboxylic acids is 4. The first kappa shape index (κ1) is 57.5. The molecule has 82 heavy (non-hydrogen) atoms. The average molecular weight is 1100 g/mol. The Morgan fingerprint density at radius 1 is 0.305 bits per heavy atom. The molecule has 4 aliphatic heterocycles. The molecule has 8 bridgehead atoms. The molecule has 12 nitrogen and oxygen atoms in total. The summed E-state index contributed by atoms with van der Waals surface area (Å²) in [6.07, 6.45) is 8.54. The van der Waals surface area contributed by atoms with Crippen LogP contribution in [0.4, 0.5) is 19.2 Å². The van der Waals surface area contributed by atoms with E-state index >= 15 is 0 Å². The van der Waals surface area contributed by atoms with Crippen molar-refractivity contribution in [2.45, 2.75) is 122 Å². The Morgan fingerprint density at radius 3 is 0.683 bits per heavy atom. The third-order valence-electron chi connectivity index (χ3n) is 15.3. The number of hydrogen-bond acceptors (Lipinski definition) is 12. The zero-order chi connectivity index (χ0) is 58.5. The molecule has 0 spiro atoms. The lowest BCUT2D eigenvalue weighted by atomic mass is 9.95. The van der Waals surface area contributed by atoms with Gasteiger partial charge in [0.25, 0.3) is 0 Å². The number of fused-ring (bicyclic) bond motifs is 12. The fourth-order valence-electron chi connectivity index (χ4n) is 10.4. The van der Waals surface area contributed by atoms with Gasteiger partial charge in [-0.1, -0.05) is 158 Å². The maximum absolute atomic E-state index is 13.6. The third kappa shape index (κ3) is 11.8. The molecule has 0 aliphatic carbocycles. The van der Waals surface area contributed by atoms with Crippen LogP contribution in [0, 0.1) is 27.7 Å². The normalized spacial score (nSPS) is 13.5. The van der Waals surface area contributed by atoms with Gasteiger partial charge in [-0.15, -0.1) is 0 Å². The quantitative estimate of drug-likeness (QED) is 0.0731. The summed E-state index contributed by atoms with van der Waals surface area (Å²) in [7, 11) is 0. The Bertz CT molecular complexity index is 4030. The van der Waals surface area contributed by atoms with Gasteiger partial charge in [0.2, 0.25) is 0 Å². The first-order chi connectivity index (χ1) is 39.4. The van der Waals surface area contributed by atoms with Crippen LogP contribution < -0.4 is 37.9 Å². The predicted octanol–water partition coefficient (Wildman–Crippen LogP) is 19.0. The van der Waals surface area contributed by atoms with Gasteiger partial charge in [0.05, 0.1) is 0 Å². The summed E-state index contributed by atoms with van der Waals surface area (Å²) in [6, 6.07) is 29.5. The first-order valence-electron chi connectivity index (χ1n) is 27.7. The van der Waals surface area contributed by atoms with Gasteiger partial charge in [0, 0.05) is 65.3 Å². The van der Waals surface area contributed by atoms with E-state index < -0.39 is 24.6 Å². The molecule has 0 N–H and O–H groups in total. The van der Waals surface area contributed by atoms with Crippen molar-refractivity contribution in [3.8, 4) is 46.0 Å². The van der Waals surface area contributed by atoms with E-state index in [1.54, 1.807) is 0 Å². The van der Waals surface area contributed by atoms with E-state index in [2.05, 4.69) is 39.8 Å². The van der Waals surface area contributed by atoms with Crippen molar-refractivity contribution >= 4 is 67.7 Å². The van der Waals surface area contributed by atoms with Gasteiger partial charge in [0.15, 0.2) is 0 Å². The molecular formula is C70H68O12. The predicted molar refractivity (Wildman–Crippen MR) is 323 cm³/mol. The molecule has 0 saturated heterocycles. The molecule has 0 saturated carbocycles. The Kier molecular flexibility index (Phi) is 17.3. The van der Waals surface area contributed by atoms with Crippen LogP contribution in [0.25, 0.3) is 43.1 Å². The number of rotatable bonds is 10. The van der Waals surface area contributed by atoms with Crippen molar-refractivity contribution in [2.75, 3.05) is 0 Å². The van der Waals surface area contributed by atoms with Gasteiger partial charge in [-0.05, 0) is 130 Å². The van der Waals surface area contributed by atoms with E-state index in [1.165, 1.54) is 11.1 Å². The van der Waals surface area contributed by atoms with E-state index in [4.69, 9.17) is 37.9 Å². The van der Waals surface area contributed by atoms with Gasteiger partial charge in [-0.2, -0.15) is 0 Å². The summed E-state index contributed by atoms with van der Waals surface area (Å²) in [5.74, 6) is 2.96. The van der Waals surface area contributed by atoms with Crippen molar-refractivity contribution in [2.24, 2.45) is 0 Å². The van der Waals surface area contributed by atoms with Crippen molar-refractivity contribution in [3.05, 3.63) is 188 Å². The monoisotopic (exact) mass is 1100 g/mol. The van der Waals surface area contributed by atoms with Gasteiger partial charge >= 0.3 is 24.6 Å². The van der Waals surface area contributed by atoms with Gasteiger partial charge < -0.3 is 37.9 Å². The molecule has 0 fully saturated rings. The molecule has 4 heterocycles. The highest BCUT2D eigenvalue weighted by Gasteiger charge is 2.31. The zero-order valence-electron chi connectivity index (χ0n) is 48.7. The second kappa shape index (κ2) is 24.7. The lowest BCUT2D eigenvalue weighted by Crippen LogP contribution is -2.20. The molecule has 0 amide bonds. The fourth-order valence-corrected chi connectivity index (χ4v) is 10.4. The SMILES string of the molecule is CC/C(C)=C/Cc1c(C)c2c3ccccc3c1OC(=O)Oc1c(C)c(CC=C(C)C)c(c3ccccc13)OC(=O)O2.CC/C(C)=C/Cc1c(C)c2c3ccccc3c1OC(=O)Oc1c(CC=C(C)C)c(C)c(c3ccccc13)OC(=O)O2. The maximum Gasteiger partial charge on any atom is 0.519 e. The summed E-state index contributed by atoms with van der Waals surface area (Å²) < 4.78 is 48.2. The second-order valence-corrected chi connectivity index (χ2v) is 21.2. The van der Waals surface area contributed by atoms with Crippen molar-refractivity contribution in [1.82, 2.24) is 0 Å². The number of allylic oxidation sites excluding steroid dienone is 8. The minimum Gasteiger partial charge on any atom is -0.394 e. The smallest absolute Gasteiger partial charge is 0.394 e. The van der Waals surface area contributed by atoms with Crippen LogP contribution in [0.1, 0.15) is 113 Å². The Labute approximate surface area is 478 Å². The number of carbonyl (C=O) groups is 4. The standard InChI is InChI=1S/2C35H34O6/c1-7-21(4)17-19-25-23(6)31-27-13-9-11-15-29(27)33(25)41-35(37)38-30-22(5)24(18-16-20(2)3)32(40-34(36)39-31)28-14-10-8-12-26(28)30;1-7-21(4)17-19-25-23(6)31-27-13-9-11-15-29(27)33(25)41-35(37)40-32-24(18-16-20(2)3)22(5)30(38-34(36)39-31)26-12-8-10-14-28(26)32/h2*8-17H,7,18-19H2,1-6H3/b2*21-17+. The molecule has 0 unspecified atom stereocenters. The molecule has 420 valence electrons. The second-order valence-electron chi connectivity index (χ2n) is 21.2. The third-order valence-corrected chi connectivity index (χ3v) is 15.3. The van der Waals surface area contributed by atoms with E-state index in [1.807, 2.05) is 165 Å². The van der Waals surface area contributed by atoms with Crippen LogP contribution >= 0.6 is 0 Å². The van der Waals surface area contributed by atoms with E-state index in [9.17, 15) is 19.2 Å². The van der Waals surface area contributed by atoms with Crippen LogP contribution in [0.3, 0.4) is 0 Å². The largest absolute Gasteiger partial charge is 0.519 e. The Hall–Kier alpha value is -9.16. The number of ether oxygens (including phenoxy) is 8. The first-order valence-corrected chi connectivity index (χ1v) is 27.7. The number of benzene rings is 8. The highest BCUT2D eigenvalue weighted by molar-refractivity contribution is 6.03. The summed E-state index contributed by atoms with van der Waals surface area (Å²) in [5.41, 5.74) is 10.2. The highest BCUT2D eigenvalue weighted by atomic mass is 16.7. The summed E-state index contributed by atoms with van der Waals surface area (Å²) in [5, 5.41) is 5.02. The van der Waals surface area contributed by atoms with Gasteiger partial charge in [-0.3, -0.25) is 0 Å². The summed E-state index contributed by atoms with van der Waals surface area (Å²) in [6.45, 7) is 23.7. The summed E-state index contributed by atoms with van der Waals surface area (Å²) >= 11 is 0. The molecular weight excluding hydrogens is 1030 g/mol. The number of hydrogen-bond donors (Lipinski definition) is 0. The van der Waals surface area contributed by atoms with Crippen LogP contribution in [0.15, 0.2) is 144 Å². The minimum atomic E-state index is -0.846. The molecule has 0 radical (unpaired) electrons. The molecule has 12 heteroatoms. The van der Waals surface area contributed by atoms with Crippen LogP contribution in [0.2, 0.25) is 0 Å². The lowest BCUT2D eigenvalue weighted by molar-refractivity contribution is 0.148. The molecule has 4 aliphatic rings. The van der Waals surface area contributed by atoms with E-state index in [0.717, 1.165) is 46.2 Å². The Morgan fingerprint density at radius 2 is 0.488 bits per heavy atom. The molecule has 0 aromatic heterocycles. The van der Waals surface area contributed by atoms with Crippen LogP contribution in [-0.2, 0) is 25.7 Å². The van der Waals surface area contributed by atoms with Crippen LogP contribution in [-0.4, -0.2) is 24.6 Å². The van der Waals surface area contributed by atoms with E-state index in [0.29, 0.717) is 137 Å². The average Bonchev–Trinajstić information content (AvgIpc) is 3.47. The van der Waals surface area contributed by atoms with E-state index in [-0.39, 0.29) is 0 Å². The van der Waals surface area contributed by atoms with Crippen molar-refractivity contribution < 1.29 is 57.1 Å². The van der Waals surface area contributed by atoms with Gasteiger partial charge in [0.1, 0.15) is 46.0 Å². The van der Waals surface area contributed by atoms with Gasteiger partial charge in [-0.25, -0.2) is 19.2 Å². The molecule has 0 atom stereocenters. The highest BCUT2D eigenvalue weighted by Crippen LogP contribution is 2.47. The zero-order valence-corrected chi connectivity index (χ0v) is 48.7. The summed E-state index contributed by atoms with van der Waals surface area (Å²) in [4.78, 5) is 54.3. The topological polar surface area (TPSA) is 142 Å². The molecule has 8 aromatic rings.